The van der Waals surface area contributed by atoms with Crippen LogP contribution in [-0.4, -0.2) is 40.4 Å². The Morgan fingerprint density at radius 3 is 2.96 bits per heavy atom. The van der Waals surface area contributed by atoms with E-state index in [4.69, 9.17) is 0 Å². The SMILES string of the molecule is Cc1cnccc1C(=O)NCC[C@@H]1CCCN(Cc2cccnc2)C1. The number of rotatable bonds is 6. The Morgan fingerprint density at radius 1 is 1.28 bits per heavy atom. The Bertz CT molecular complexity index is 689. The molecule has 0 aromatic carbocycles. The molecule has 1 amide bonds. The quantitative estimate of drug-likeness (QED) is 0.880. The summed E-state index contributed by atoms with van der Waals surface area (Å²) in [5.41, 5.74) is 2.90. The molecule has 0 saturated carbocycles. The zero-order valence-corrected chi connectivity index (χ0v) is 14.8. The lowest BCUT2D eigenvalue weighted by atomic mass is 9.94. The Balaban J connectivity index is 1.44. The van der Waals surface area contributed by atoms with E-state index >= 15 is 0 Å². The first-order chi connectivity index (χ1) is 12.2. The summed E-state index contributed by atoms with van der Waals surface area (Å²) in [5, 5.41) is 3.06. The molecular weight excluding hydrogens is 312 g/mol. The van der Waals surface area contributed by atoms with Crippen molar-refractivity contribution < 1.29 is 4.79 Å². The third-order valence-electron chi connectivity index (χ3n) is 4.84. The highest BCUT2D eigenvalue weighted by atomic mass is 16.1. The summed E-state index contributed by atoms with van der Waals surface area (Å²) < 4.78 is 0. The van der Waals surface area contributed by atoms with Crippen molar-refractivity contribution in [2.24, 2.45) is 5.92 Å². The number of nitrogens with zero attached hydrogens (tertiary/aromatic N) is 3. The van der Waals surface area contributed by atoms with Gasteiger partial charge in [-0.05, 0) is 61.9 Å². The minimum Gasteiger partial charge on any atom is -0.352 e. The third-order valence-corrected chi connectivity index (χ3v) is 4.84. The number of pyridine rings is 2. The summed E-state index contributed by atoms with van der Waals surface area (Å²) in [5.74, 6) is 0.646. The minimum absolute atomic E-state index is 0.00271. The van der Waals surface area contributed by atoms with Gasteiger partial charge in [0.15, 0.2) is 0 Å². The van der Waals surface area contributed by atoms with Crippen molar-refractivity contribution in [2.75, 3.05) is 19.6 Å². The Kier molecular flexibility index (Phi) is 6.12. The van der Waals surface area contributed by atoms with Crippen LogP contribution < -0.4 is 5.32 Å². The monoisotopic (exact) mass is 338 g/mol. The predicted molar refractivity (Wildman–Crippen MR) is 98.2 cm³/mol. The fourth-order valence-corrected chi connectivity index (χ4v) is 3.49. The molecule has 1 fully saturated rings. The highest BCUT2D eigenvalue weighted by molar-refractivity contribution is 5.95. The van der Waals surface area contributed by atoms with Crippen LogP contribution in [0.3, 0.4) is 0 Å². The molecule has 1 N–H and O–H groups in total. The van der Waals surface area contributed by atoms with E-state index in [1.54, 1.807) is 18.5 Å². The molecule has 0 spiro atoms. The zero-order valence-electron chi connectivity index (χ0n) is 14.8. The van der Waals surface area contributed by atoms with Gasteiger partial charge in [0, 0.05) is 50.0 Å². The molecule has 1 atom stereocenters. The fraction of sp³-hybridized carbons (Fsp3) is 0.450. The largest absolute Gasteiger partial charge is 0.352 e. The van der Waals surface area contributed by atoms with E-state index < -0.39 is 0 Å². The van der Waals surface area contributed by atoms with Crippen molar-refractivity contribution in [1.29, 1.82) is 0 Å². The van der Waals surface area contributed by atoms with Crippen LogP contribution in [0.15, 0.2) is 43.0 Å². The van der Waals surface area contributed by atoms with Gasteiger partial charge in [0.05, 0.1) is 0 Å². The summed E-state index contributed by atoms with van der Waals surface area (Å²) in [4.78, 5) is 23.0. The van der Waals surface area contributed by atoms with Crippen LogP contribution in [0.5, 0.6) is 0 Å². The summed E-state index contributed by atoms with van der Waals surface area (Å²) in [6.07, 6.45) is 10.7. The molecule has 0 radical (unpaired) electrons. The maximum absolute atomic E-state index is 12.3. The predicted octanol–water partition coefficient (Wildman–Crippen LogP) is 2.82. The number of hydrogen-bond donors (Lipinski definition) is 1. The molecule has 0 aliphatic carbocycles. The number of piperidine rings is 1. The lowest BCUT2D eigenvalue weighted by Gasteiger charge is -2.32. The maximum atomic E-state index is 12.3. The van der Waals surface area contributed by atoms with Gasteiger partial charge in [0.25, 0.3) is 5.91 Å². The van der Waals surface area contributed by atoms with Crippen LogP contribution in [0.4, 0.5) is 0 Å². The van der Waals surface area contributed by atoms with E-state index in [1.807, 2.05) is 25.4 Å². The molecule has 2 aromatic heterocycles. The lowest BCUT2D eigenvalue weighted by Crippen LogP contribution is -2.36. The van der Waals surface area contributed by atoms with Crippen LogP contribution in [0.2, 0.25) is 0 Å². The number of nitrogens with one attached hydrogen (secondary N) is 1. The van der Waals surface area contributed by atoms with Crippen molar-refractivity contribution in [3.8, 4) is 0 Å². The smallest absolute Gasteiger partial charge is 0.251 e. The van der Waals surface area contributed by atoms with E-state index in [-0.39, 0.29) is 5.91 Å². The first kappa shape index (κ1) is 17.5. The highest BCUT2D eigenvalue weighted by Gasteiger charge is 2.20. The molecule has 0 bridgehead atoms. The molecule has 3 rings (SSSR count). The number of carbonyl (C=O) groups is 1. The van der Waals surface area contributed by atoms with Crippen molar-refractivity contribution in [3.05, 3.63) is 59.7 Å². The summed E-state index contributed by atoms with van der Waals surface area (Å²) in [7, 11) is 0. The Morgan fingerprint density at radius 2 is 2.16 bits per heavy atom. The van der Waals surface area contributed by atoms with Crippen molar-refractivity contribution >= 4 is 5.91 Å². The van der Waals surface area contributed by atoms with Crippen molar-refractivity contribution in [1.82, 2.24) is 20.2 Å². The van der Waals surface area contributed by atoms with Gasteiger partial charge in [-0.25, -0.2) is 0 Å². The maximum Gasteiger partial charge on any atom is 0.251 e. The van der Waals surface area contributed by atoms with Gasteiger partial charge in [-0.3, -0.25) is 19.7 Å². The number of hydrogen-bond acceptors (Lipinski definition) is 4. The second-order valence-electron chi connectivity index (χ2n) is 6.84. The van der Waals surface area contributed by atoms with E-state index in [2.05, 4.69) is 26.3 Å². The summed E-state index contributed by atoms with van der Waals surface area (Å²) in [6.45, 7) is 5.85. The van der Waals surface area contributed by atoms with Gasteiger partial charge in [-0.2, -0.15) is 0 Å². The second kappa shape index (κ2) is 8.72. The van der Waals surface area contributed by atoms with Crippen molar-refractivity contribution in [2.45, 2.75) is 32.7 Å². The van der Waals surface area contributed by atoms with E-state index in [0.717, 1.165) is 43.7 Å². The Hall–Kier alpha value is -2.27. The molecule has 132 valence electrons. The molecule has 3 heterocycles. The normalized spacial score (nSPS) is 18.0. The Labute approximate surface area is 149 Å². The van der Waals surface area contributed by atoms with Crippen molar-refractivity contribution in [3.63, 3.8) is 0 Å². The van der Waals surface area contributed by atoms with Gasteiger partial charge in [-0.15, -0.1) is 0 Å². The van der Waals surface area contributed by atoms with Crippen LogP contribution in [-0.2, 0) is 6.54 Å². The third kappa shape index (κ3) is 5.10. The van der Waals surface area contributed by atoms with E-state index in [9.17, 15) is 4.79 Å². The standard InChI is InChI=1S/C20H26N4O/c1-16-12-22-9-7-19(16)20(25)23-10-6-17-5-3-11-24(14-17)15-18-4-2-8-21-13-18/h2,4,7-9,12-13,17H,3,5-6,10-11,14-15H2,1H3,(H,23,25)/t17-/m0/s1. The fourth-order valence-electron chi connectivity index (χ4n) is 3.49. The molecule has 2 aromatic rings. The molecular formula is C20H26N4O. The number of carbonyl (C=O) groups excluding carboxylic acids is 1. The van der Waals surface area contributed by atoms with Gasteiger partial charge >= 0.3 is 0 Å². The van der Waals surface area contributed by atoms with Crippen LogP contribution in [0.1, 0.15) is 40.7 Å². The number of aryl methyl sites for hydroxylation is 1. The topological polar surface area (TPSA) is 58.1 Å². The zero-order chi connectivity index (χ0) is 17.5. The molecule has 25 heavy (non-hydrogen) atoms. The van der Waals surface area contributed by atoms with Gasteiger partial charge in [0.2, 0.25) is 0 Å². The molecule has 1 aliphatic rings. The minimum atomic E-state index is 0.00271. The average Bonchev–Trinajstić information content (AvgIpc) is 2.63. The average molecular weight is 338 g/mol. The number of amides is 1. The van der Waals surface area contributed by atoms with E-state index in [1.165, 1.54) is 18.4 Å². The first-order valence-electron chi connectivity index (χ1n) is 9.02. The molecule has 5 heteroatoms. The highest BCUT2D eigenvalue weighted by Crippen LogP contribution is 2.20. The van der Waals surface area contributed by atoms with Crippen LogP contribution in [0.25, 0.3) is 0 Å². The van der Waals surface area contributed by atoms with Crippen LogP contribution in [0, 0.1) is 12.8 Å². The molecule has 1 saturated heterocycles. The lowest BCUT2D eigenvalue weighted by molar-refractivity contribution is 0.0945. The second-order valence-corrected chi connectivity index (χ2v) is 6.84. The first-order valence-corrected chi connectivity index (χ1v) is 9.02. The van der Waals surface area contributed by atoms with Crippen LogP contribution >= 0.6 is 0 Å². The number of aromatic nitrogens is 2. The summed E-state index contributed by atoms with van der Waals surface area (Å²) >= 11 is 0. The van der Waals surface area contributed by atoms with Gasteiger partial charge < -0.3 is 5.32 Å². The number of likely N-dealkylation sites (tertiary alicyclic amines) is 1. The molecule has 1 aliphatic heterocycles. The van der Waals surface area contributed by atoms with Gasteiger partial charge in [0.1, 0.15) is 0 Å². The van der Waals surface area contributed by atoms with E-state index in [0.29, 0.717) is 5.92 Å². The summed E-state index contributed by atoms with van der Waals surface area (Å²) in [6, 6.07) is 5.90. The molecule has 5 nitrogen and oxygen atoms in total. The van der Waals surface area contributed by atoms with Gasteiger partial charge in [-0.1, -0.05) is 6.07 Å². The molecule has 0 unspecified atom stereocenters.